The summed E-state index contributed by atoms with van der Waals surface area (Å²) in [5.74, 6) is -1.87. The van der Waals surface area contributed by atoms with Gasteiger partial charge in [0.15, 0.2) is 11.6 Å². The lowest BCUT2D eigenvalue weighted by Gasteiger charge is -2.10. The summed E-state index contributed by atoms with van der Waals surface area (Å²) in [5.41, 5.74) is -0.283. The minimum atomic E-state index is -1.06. The Labute approximate surface area is 117 Å². The Kier molecular flexibility index (Phi) is 4.14. The van der Waals surface area contributed by atoms with Gasteiger partial charge in [0.2, 0.25) is 5.82 Å². The highest BCUT2D eigenvalue weighted by atomic mass is 35.5. The van der Waals surface area contributed by atoms with Gasteiger partial charge in [-0.05, 0) is 12.1 Å². The number of ether oxygens (including phenoxy) is 1. The number of nitro benzene ring substituents is 1. The van der Waals surface area contributed by atoms with Crippen LogP contribution in [0.25, 0.3) is 0 Å². The molecular weight excluding hydrogens is 292 g/mol. The number of rotatable bonds is 4. The molecule has 0 aliphatic carbocycles. The smallest absolute Gasteiger partial charge is 0.305 e. The first-order valence-corrected chi connectivity index (χ1v) is 6.01. The van der Waals surface area contributed by atoms with E-state index in [2.05, 4.69) is 0 Å². The van der Waals surface area contributed by atoms with Gasteiger partial charge in [-0.2, -0.15) is 4.39 Å². The zero-order valence-corrected chi connectivity index (χ0v) is 10.7. The quantitative estimate of drug-likeness (QED) is 0.477. The van der Waals surface area contributed by atoms with E-state index in [-0.39, 0.29) is 17.4 Å². The Balaban J connectivity index is 2.36. The number of nitro groups is 1. The first-order chi connectivity index (χ1) is 9.52. The van der Waals surface area contributed by atoms with Crippen LogP contribution in [0.1, 0.15) is 5.56 Å². The van der Waals surface area contributed by atoms with Crippen LogP contribution in [0.3, 0.4) is 0 Å². The highest BCUT2D eigenvalue weighted by molar-refractivity contribution is 6.17. The van der Waals surface area contributed by atoms with E-state index in [1.165, 1.54) is 18.2 Å². The molecule has 0 amide bonds. The molecule has 0 saturated carbocycles. The minimum Gasteiger partial charge on any atom is -0.454 e. The predicted octanol–water partition coefficient (Wildman–Crippen LogP) is 4.40. The third-order valence-electron chi connectivity index (χ3n) is 2.53. The predicted molar refractivity (Wildman–Crippen MR) is 69.1 cm³/mol. The van der Waals surface area contributed by atoms with Crippen LogP contribution in [0.5, 0.6) is 11.5 Å². The number of hydrogen-bond acceptors (Lipinski definition) is 3. The number of benzene rings is 2. The molecule has 7 heteroatoms. The molecule has 20 heavy (non-hydrogen) atoms. The van der Waals surface area contributed by atoms with E-state index in [0.717, 1.165) is 12.1 Å². The summed E-state index contributed by atoms with van der Waals surface area (Å²) in [6.07, 6.45) is 0. The highest BCUT2D eigenvalue weighted by Crippen LogP contribution is 2.31. The molecule has 0 aromatic heterocycles. The minimum absolute atomic E-state index is 0.0164. The van der Waals surface area contributed by atoms with Crippen molar-refractivity contribution in [3.63, 3.8) is 0 Å². The van der Waals surface area contributed by atoms with E-state index < -0.39 is 22.2 Å². The molecule has 0 fully saturated rings. The van der Waals surface area contributed by atoms with E-state index >= 15 is 0 Å². The molecular formula is C13H8ClF2NO3. The lowest BCUT2D eigenvalue weighted by Crippen LogP contribution is -1.96. The van der Waals surface area contributed by atoms with Gasteiger partial charge in [0, 0.05) is 17.7 Å². The van der Waals surface area contributed by atoms with E-state index in [9.17, 15) is 18.9 Å². The maximum absolute atomic E-state index is 13.6. The van der Waals surface area contributed by atoms with Crippen LogP contribution in [-0.2, 0) is 5.88 Å². The van der Waals surface area contributed by atoms with Crippen molar-refractivity contribution >= 4 is 17.3 Å². The Morgan fingerprint density at radius 3 is 2.55 bits per heavy atom. The van der Waals surface area contributed by atoms with Crippen molar-refractivity contribution in [1.82, 2.24) is 0 Å². The van der Waals surface area contributed by atoms with E-state index in [0.29, 0.717) is 5.56 Å². The first kappa shape index (κ1) is 14.2. The Hall–Kier alpha value is -2.21. The van der Waals surface area contributed by atoms with Gasteiger partial charge >= 0.3 is 5.69 Å². The summed E-state index contributed by atoms with van der Waals surface area (Å²) in [6.45, 7) is 0. The average Bonchev–Trinajstić information content (AvgIpc) is 2.40. The van der Waals surface area contributed by atoms with Crippen LogP contribution in [0.15, 0.2) is 36.4 Å². The number of halogens is 3. The second-order valence-corrected chi connectivity index (χ2v) is 4.10. The van der Waals surface area contributed by atoms with Crippen LogP contribution >= 0.6 is 11.6 Å². The van der Waals surface area contributed by atoms with Crippen molar-refractivity contribution in [2.45, 2.75) is 5.88 Å². The van der Waals surface area contributed by atoms with Crippen LogP contribution in [0.4, 0.5) is 14.5 Å². The molecule has 0 radical (unpaired) electrons. The second kappa shape index (κ2) is 5.83. The maximum Gasteiger partial charge on any atom is 0.305 e. The summed E-state index contributed by atoms with van der Waals surface area (Å²) < 4.78 is 32.3. The van der Waals surface area contributed by atoms with Gasteiger partial charge in [0.05, 0.1) is 10.8 Å². The van der Waals surface area contributed by atoms with Crippen LogP contribution in [-0.4, -0.2) is 4.92 Å². The third kappa shape index (κ3) is 2.85. The zero-order valence-electron chi connectivity index (χ0n) is 9.98. The van der Waals surface area contributed by atoms with Crippen molar-refractivity contribution in [2.24, 2.45) is 0 Å². The van der Waals surface area contributed by atoms with Gasteiger partial charge in [0.25, 0.3) is 0 Å². The van der Waals surface area contributed by atoms with Crippen LogP contribution < -0.4 is 4.74 Å². The fraction of sp³-hybridized carbons (Fsp3) is 0.0769. The van der Waals surface area contributed by atoms with Gasteiger partial charge in [0.1, 0.15) is 5.75 Å². The molecule has 4 nitrogen and oxygen atoms in total. The lowest BCUT2D eigenvalue weighted by atomic mass is 10.2. The fourth-order valence-electron chi connectivity index (χ4n) is 1.59. The third-order valence-corrected chi connectivity index (χ3v) is 2.82. The largest absolute Gasteiger partial charge is 0.454 e. The molecule has 2 aromatic rings. The summed E-state index contributed by atoms with van der Waals surface area (Å²) in [4.78, 5) is 9.64. The molecule has 0 aliphatic heterocycles. The topological polar surface area (TPSA) is 52.4 Å². The number of para-hydroxylation sites is 1. The van der Waals surface area contributed by atoms with Crippen LogP contribution in [0.2, 0.25) is 0 Å². The first-order valence-electron chi connectivity index (χ1n) is 5.48. The second-order valence-electron chi connectivity index (χ2n) is 3.83. The monoisotopic (exact) mass is 299 g/mol. The molecule has 104 valence electrons. The SMILES string of the molecule is O=[N+]([O-])c1ccc(Oc2c(F)cccc2CCl)cc1F. The molecule has 0 unspecified atom stereocenters. The summed E-state index contributed by atoms with van der Waals surface area (Å²) in [6, 6.07) is 7.16. The standard InChI is InChI=1S/C13H8ClF2NO3/c14-7-8-2-1-3-10(15)13(8)20-9-4-5-12(17(18)19)11(16)6-9/h1-6H,7H2. The van der Waals surface area contributed by atoms with Crippen molar-refractivity contribution in [1.29, 1.82) is 0 Å². The maximum atomic E-state index is 13.6. The van der Waals surface area contributed by atoms with E-state index in [4.69, 9.17) is 16.3 Å². The van der Waals surface area contributed by atoms with Crippen molar-refractivity contribution in [2.75, 3.05) is 0 Å². The summed E-state index contributed by atoms with van der Waals surface area (Å²) in [7, 11) is 0. The molecule has 0 spiro atoms. The summed E-state index contributed by atoms with van der Waals surface area (Å²) >= 11 is 5.66. The van der Waals surface area contributed by atoms with Gasteiger partial charge < -0.3 is 4.74 Å². The van der Waals surface area contributed by atoms with Crippen LogP contribution in [0, 0.1) is 21.7 Å². The molecule has 0 atom stereocenters. The Bertz CT molecular complexity index is 664. The Morgan fingerprint density at radius 1 is 1.20 bits per heavy atom. The number of hydrogen-bond donors (Lipinski definition) is 0. The lowest BCUT2D eigenvalue weighted by molar-refractivity contribution is -0.387. The van der Waals surface area contributed by atoms with Gasteiger partial charge in [-0.15, -0.1) is 11.6 Å². The molecule has 0 saturated heterocycles. The highest BCUT2D eigenvalue weighted by Gasteiger charge is 2.16. The fourth-order valence-corrected chi connectivity index (χ4v) is 1.80. The number of alkyl halides is 1. The van der Waals surface area contributed by atoms with Gasteiger partial charge in [-0.1, -0.05) is 12.1 Å². The molecule has 0 aliphatic rings. The van der Waals surface area contributed by atoms with Crippen molar-refractivity contribution in [3.05, 3.63) is 63.7 Å². The molecule has 0 bridgehead atoms. The normalized spacial score (nSPS) is 10.3. The van der Waals surface area contributed by atoms with Gasteiger partial charge in [-0.3, -0.25) is 10.1 Å². The summed E-state index contributed by atoms with van der Waals surface area (Å²) in [5, 5.41) is 10.5. The molecule has 0 N–H and O–H groups in total. The van der Waals surface area contributed by atoms with Crippen molar-refractivity contribution < 1.29 is 18.4 Å². The molecule has 2 aromatic carbocycles. The van der Waals surface area contributed by atoms with Gasteiger partial charge in [-0.25, -0.2) is 4.39 Å². The van der Waals surface area contributed by atoms with E-state index in [1.54, 1.807) is 6.07 Å². The number of nitrogens with zero attached hydrogens (tertiary/aromatic N) is 1. The molecule has 2 rings (SSSR count). The van der Waals surface area contributed by atoms with E-state index in [1.807, 2.05) is 0 Å². The average molecular weight is 300 g/mol. The zero-order chi connectivity index (χ0) is 14.7. The van der Waals surface area contributed by atoms with Crippen molar-refractivity contribution in [3.8, 4) is 11.5 Å². The Morgan fingerprint density at radius 2 is 1.95 bits per heavy atom. The molecule has 0 heterocycles.